The van der Waals surface area contributed by atoms with Gasteiger partial charge in [0, 0.05) is 32.0 Å². The molecule has 2 rings (SSSR count). The van der Waals surface area contributed by atoms with Gasteiger partial charge in [-0.25, -0.2) is 4.79 Å². The van der Waals surface area contributed by atoms with Crippen molar-refractivity contribution in [1.29, 1.82) is 0 Å². The van der Waals surface area contributed by atoms with Gasteiger partial charge in [-0.05, 0) is 25.9 Å². The van der Waals surface area contributed by atoms with E-state index in [-0.39, 0.29) is 11.8 Å². The van der Waals surface area contributed by atoms with E-state index in [4.69, 9.17) is 4.74 Å². The maximum Gasteiger partial charge on any atom is 0.329 e. The highest BCUT2D eigenvalue weighted by Crippen LogP contribution is 2.23. The zero-order valence-electron chi connectivity index (χ0n) is 10.4. The average Bonchev–Trinajstić information content (AvgIpc) is 2.40. The third-order valence-corrected chi connectivity index (χ3v) is 3.83. The molecule has 0 aromatic carbocycles. The molecule has 0 bridgehead atoms. The van der Waals surface area contributed by atoms with Crippen LogP contribution in [0.3, 0.4) is 0 Å². The van der Waals surface area contributed by atoms with E-state index in [1.54, 1.807) is 0 Å². The number of rotatable bonds is 3. The number of carboxylic acids is 1. The molecule has 0 saturated carbocycles. The number of ether oxygens (including phenoxy) is 1. The summed E-state index contributed by atoms with van der Waals surface area (Å²) in [6, 6.07) is 0. The predicted molar refractivity (Wildman–Crippen MR) is 64.2 cm³/mol. The van der Waals surface area contributed by atoms with Crippen LogP contribution >= 0.6 is 0 Å². The average molecular weight is 256 g/mol. The zero-order chi connectivity index (χ0) is 13.0. The van der Waals surface area contributed by atoms with Crippen molar-refractivity contribution < 1.29 is 19.4 Å². The number of nitrogens with one attached hydrogen (secondary N) is 2. The Labute approximate surface area is 106 Å². The maximum absolute atomic E-state index is 12.1. The topological polar surface area (TPSA) is 87.7 Å². The Balaban J connectivity index is 1.99. The Bertz CT molecular complexity index is 320. The van der Waals surface area contributed by atoms with Crippen molar-refractivity contribution in [2.24, 2.45) is 5.92 Å². The van der Waals surface area contributed by atoms with E-state index in [0.29, 0.717) is 26.1 Å². The van der Waals surface area contributed by atoms with Gasteiger partial charge in [0.15, 0.2) is 0 Å². The summed E-state index contributed by atoms with van der Waals surface area (Å²) in [7, 11) is 0. The van der Waals surface area contributed by atoms with Crippen LogP contribution in [-0.4, -0.2) is 48.8 Å². The predicted octanol–water partition coefficient (Wildman–Crippen LogP) is -0.264. The lowest BCUT2D eigenvalue weighted by Crippen LogP contribution is -2.59. The van der Waals surface area contributed by atoms with Gasteiger partial charge in [-0.1, -0.05) is 0 Å². The molecule has 2 fully saturated rings. The molecular formula is C12H20N2O4. The van der Waals surface area contributed by atoms with Gasteiger partial charge in [0.2, 0.25) is 5.91 Å². The third-order valence-electron chi connectivity index (χ3n) is 3.83. The highest BCUT2D eigenvalue weighted by atomic mass is 16.5. The molecule has 0 spiro atoms. The molecule has 2 saturated heterocycles. The molecule has 6 nitrogen and oxygen atoms in total. The van der Waals surface area contributed by atoms with E-state index in [9.17, 15) is 14.7 Å². The number of carbonyl (C=O) groups is 2. The van der Waals surface area contributed by atoms with E-state index in [2.05, 4.69) is 10.6 Å². The van der Waals surface area contributed by atoms with Crippen LogP contribution in [-0.2, 0) is 14.3 Å². The van der Waals surface area contributed by atoms with Crippen LogP contribution in [0.4, 0.5) is 0 Å². The van der Waals surface area contributed by atoms with Gasteiger partial charge in [0.25, 0.3) is 0 Å². The first-order valence-corrected chi connectivity index (χ1v) is 6.48. The molecule has 1 amide bonds. The molecule has 102 valence electrons. The molecule has 0 aromatic rings. The van der Waals surface area contributed by atoms with Crippen molar-refractivity contribution in [3.8, 4) is 0 Å². The number of carbonyl (C=O) groups excluding carboxylic acids is 1. The highest BCUT2D eigenvalue weighted by molar-refractivity contribution is 5.88. The Hall–Kier alpha value is -1.14. The van der Waals surface area contributed by atoms with Gasteiger partial charge in [-0.2, -0.15) is 0 Å². The van der Waals surface area contributed by atoms with E-state index >= 15 is 0 Å². The normalized spacial score (nSPS) is 24.4. The monoisotopic (exact) mass is 256 g/mol. The Morgan fingerprint density at radius 3 is 2.39 bits per heavy atom. The minimum Gasteiger partial charge on any atom is -0.480 e. The zero-order valence-corrected chi connectivity index (χ0v) is 10.4. The van der Waals surface area contributed by atoms with Gasteiger partial charge >= 0.3 is 5.97 Å². The number of hydrogen-bond acceptors (Lipinski definition) is 4. The first kappa shape index (κ1) is 13.3. The van der Waals surface area contributed by atoms with Crippen LogP contribution in [0.1, 0.15) is 25.7 Å². The van der Waals surface area contributed by atoms with Crippen molar-refractivity contribution in [3.05, 3.63) is 0 Å². The summed E-state index contributed by atoms with van der Waals surface area (Å²) >= 11 is 0. The summed E-state index contributed by atoms with van der Waals surface area (Å²) in [6.07, 6.45) is 2.24. The van der Waals surface area contributed by atoms with Crippen LogP contribution < -0.4 is 10.6 Å². The first-order chi connectivity index (χ1) is 8.64. The molecule has 0 atom stereocenters. The number of carboxylic acid groups (broad SMARTS) is 1. The van der Waals surface area contributed by atoms with E-state index < -0.39 is 11.5 Å². The maximum atomic E-state index is 12.1. The Morgan fingerprint density at radius 2 is 1.83 bits per heavy atom. The molecule has 0 unspecified atom stereocenters. The number of piperidine rings is 1. The smallest absolute Gasteiger partial charge is 0.329 e. The van der Waals surface area contributed by atoms with Crippen LogP contribution in [0.15, 0.2) is 0 Å². The molecule has 6 heteroatoms. The van der Waals surface area contributed by atoms with Crippen LogP contribution in [0, 0.1) is 5.92 Å². The van der Waals surface area contributed by atoms with Crippen LogP contribution in [0.2, 0.25) is 0 Å². The van der Waals surface area contributed by atoms with Crippen molar-refractivity contribution >= 4 is 11.9 Å². The number of hydrogen-bond donors (Lipinski definition) is 3. The summed E-state index contributed by atoms with van der Waals surface area (Å²) < 4.78 is 5.18. The Kier molecular flexibility index (Phi) is 4.19. The quantitative estimate of drug-likeness (QED) is 0.647. The number of amides is 1. The first-order valence-electron chi connectivity index (χ1n) is 6.48. The van der Waals surface area contributed by atoms with Crippen molar-refractivity contribution in [3.63, 3.8) is 0 Å². The van der Waals surface area contributed by atoms with Gasteiger partial charge in [0.05, 0.1) is 0 Å². The molecule has 0 aromatic heterocycles. The minimum absolute atomic E-state index is 0.0645. The fourth-order valence-electron chi connectivity index (χ4n) is 2.53. The molecule has 18 heavy (non-hydrogen) atoms. The van der Waals surface area contributed by atoms with E-state index in [0.717, 1.165) is 25.9 Å². The van der Waals surface area contributed by atoms with Gasteiger partial charge < -0.3 is 20.5 Å². The fourth-order valence-corrected chi connectivity index (χ4v) is 2.53. The van der Waals surface area contributed by atoms with Gasteiger partial charge in [-0.15, -0.1) is 0 Å². The largest absolute Gasteiger partial charge is 0.480 e. The number of aliphatic carboxylic acids is 1. The standard InChI is InChI=1S/C12H20N2O4/c15-10(9-1-5-13-6-2-9)14-12(11(16)17)3-7-18-8-4-12/h9,13H,1-8H2,(H,14,15)(H,16,17). The second kappa shape index (κ2) is 5.67. The van der Waals surface area contributed by atoms with Gasteiger partial charge in [0.1, 0.15) is 5.54 Å². The van der Waals surface area contributed by atoms with E-state index in [1.165, 1.54) is 0 Å². The van der Waals surface area contributed by atoms with Crippen LogP contribution in [0.25, 0.3) is 0 Å². The summed E-state index contributed by atoms with van der Waals surface area (Å²) in [4.78, 5) is 23.5. The van der Waals surface area contributed by atoms with Crippen molar-refractivity contribution in [1.82, 2.24) is 10.6 Å². The lowest BCUT2D eigenvalue weighted by atomic mass is 9.88. The fraction of sp³-hybridized carbons (Fsp3) is 0.833. The minimum atomic E-state index is -1.12. The van der Waals surface area contributed by atoms with Crippen molar-refractivity contribution in [2.75, 3.05) is 26.3 Å². The second-order valence-electron chi connectivity index (χ2n) is 5.01. The SMILES string of the molecule is O=C(NC1(C(=O)O)CCOCC1)C1CCNCC1. The second-order valence-corrected chi connectivity index (χ2v) is 5.01. The third kappa shape index (κ3) is 2.81. The van der Waals surface area contributed by atoms with E-state index in [1.807, 2.05) is 0 Å². The molecule has 2 aliphatic rings. The lowest BCUT2D eigenvalue weighted by molar-refractivity contribution is -0.153. The summed E-state index contributed by atoms with van der Waals surface area (Å²) in [6.45, 7) is 2.42. The van der Waals surface area contributed by atoms with Crippen LogP contribution in [0.5, 0.6) is 0 Å². The molecule has 2 heterocycles. The van der Waals surface area contributed by atoms with Crippen molar-refractivity contribution in [2.45, 2.75) is 31.2 Å². The Morgan fingerprint density at radius 1 is 1.22 bits per heavy atom. The lowest BCUT2D eigenvalue weighted by Gasteiger charge is -2.35. The molecular weight excluding hydrogens is 236 g/mol. The summed E-state index contributed by atoms with van der Waals surface area (Å²) in [5.41, 5.74) is -1.12. The molecule has 2 aliphatic heterocycles. The summed E-state index contributed by atoms with van der Waals surface area (Å²) in [5, 5.41) is 15.3. The molecule has 0 radical (unpaired) electrons. The van der Waals surface area contributed by atoms with Gasteiger partial charge in [-0.3, -0.25) is 4.79 Å². The molecule has 3 N–H and O–H groups in total. The molecule has 0 aliphatic carbocycles. The summed E-state index contributed by atoms with van der Waals surface area (Å²) in [5.74, 6) is -1.14. The highest BCUT2D eigenvalue weighted by Gasteiger charge is 2.42.